The molecule has 0 bridgehead atoms. The smallest absolute Gasteiger partial charge is 0.139 e. The van der Waals surface area contributed by atoms with Crippen LogP contribution in [-0.2, 0) is 6.61 Å². The van der Waals surface area contributed by atoms with Gasteiger partial charge in [0.25, 0.3) is 0 Å². The quantitative estimate of drug-likeness (QED) is 0.535. The van der Waals surface area contributed by atoms with Gasteiger partial charge in [0.05, 0.1) is 6.61 Å². The minimum atomic E-state index is 0.0418. The van der Waals surface area contributed by atoms with Gasteiger partial charge in [0.1, 0.15) is 5.65 Å². The van der Waals surface area contributed by atoms with Crippen molar-refractivity contribution in [2.24, 2.45) is 0 Å². The lowest BCUT2D eigenvalue weighted by molar-refractivity contribution is 0.282. The molecule has 0 amide bonds. The van der Waals surface area contributed by atoms with Crippen molar-refractivity contribution in [2.75, 3.05) is 0 Å². The van der Waals surface area contributed by atoms with E-state index in [2.05, 4.69) is 47.2 Å². The first kappa shape index (κ1) is 15.9. The molecule has 0 atom stereocenters. The number of hydrogen-bond donors (Lipinski definition) is 2. The molecule has 3 nitrogen and oxygen atoms in total. The number of H-pyrrole nitrogens is 1. The van der Waals surface area contributed by atoms with E-state index in [1.54, 1.807) is 11.8 Å². The van der Waals surface area contributed by atoms with Crippen LogP contribution in [0.5, 0.6) is 0 Å². The molecule has 0 saturated heterocycles. The summed E-state index contributed by atoms with van der Waals surface area (Å²) in [4.78, 5) is 10.1. The number of aromatic nitrogens is 2. The van der Waals surface area contributed by atoms with Gasteiger partial charge in [-0.05, 0) is 47.9 Å². The fourth-order valence-electron chi connectivity index (χ4n) is 2.92. The highest BCUT2D eigenvalue weighted by molar-refractivity contribution is 7.99. The van der Waals surface area contributed by atoms with Gasteiger partial charge in [-0.1, -0.05) is 47.7 Å². The first-order valence-corrected chi connectivity index (χ1v) is 8.97. The molecule has 0 saturated carbocycles. The van der Waals surface area contributed by atoms with E-state index in [0.717, 1.165) is 32.6 Å². The molecule has 4 heteroatoms. The molecule has 0 unspecified atom stereocenters. The molecule has 4 aromatic rings. The third-order valence-corrected chi connectivity index (χ3v) is 5.26. The van der Waals surface area contributed by atoms with Crippen LogP contribution in [0.1, 0.15) is 11.1 Å². The maximum absolute atomic E-state index is 9.43. The van der Waals surface area contributed by atoms with Crippen LogP contribution in [0.3, 0.4) is 0 Å². The van der Waals surface area contributed by atoms with E-state index in [1.165, 1.54) is 10.5 Å². The lowest BCUT2D eigenvalue weighted by atomic mass is 10.0. The standard InChI is InChI=1S/C21H18N2OS/c1-14-5-7-17(8-6-14)25-19-12-23-21-20(19)18(9-10-22-21)16-4-2-3-15(11-16)13-24/h2-12,24H,13H2,1H3,(H,22,23). The first-order chi connectivity index (χ1) is 12.2. The first-order valence-electron chi connectivity index (χ1n) is 8.15. The van der Waals surface area contributed by atoms with E-state index < -0.39 is 0 Å². The Hall–Kier alpha value is -2.56. The average molecular weight is 346 g/mol. The molecule has 4 rings (SSSR count). The second-order valence-electron chi connectivity index (χ2n) is 6.01. The molecular formula is C21H18N2OS. The molecule has 2 aromatic heterocycles. The highest BCUT2D eigenvalue weighted by Crippen LogP contribution is 2.38. The number of aliphatic hydroxyl groups is 1. The molecule has 124 valence electrons. The highest BCUT2D eigenvalue weighted by atomic mass is 32.2. The lowest BCUT2D eigenvalue weighted by Crippen LogP contribution is -1.87. The number of nitrogens with zero attached hydrogens (tertiary/aromatic N) is 1. The van der Waals surface area contributed by atoms with Crippen LogP contribution in [0.2, 0.25) is 0 Å². The van der Waals surface area contributed by atoms with Gasteiger partial charge < -0.3 is 10.1 Å². The molecule has 2 heterocycles. The fraction of sp³-hybridized carbons (Fsp3) is 0.0952. The molecule has 0 spiro atoms. The number of hydrogen-bond acceptors (Lipinski definition) is 3. The van der Waals surface area contributed by atoms with Crippen LogP contribution in [0.25, 0.3) is 22.2 Å². The van der Waals surface area contributed by atoms with Crippen molar-refractivity contribution in [3.05, 3.63) is 78.1 Å². The number of rotatable bonds is 4. The van der Waals surface area contributed by atoms with E-state index in [9.17, 15) is 5.11 Å². The number of benzene rings is 2. The number of pyridine rings is 1. The van der Waals surface area contributed by atoms with Gasteiger partial charge in [-0.15, -0.1) is 0 Å². The van der Waals surface area contributed by atoms with Gasteiger partial charge in [0, 0.05) is 27.6 Å². The number of nitrogens with one attached hydrogen (secondary N) is 1. The summed E-state index contributed by atoms with van der Waals surface area (Å²) < 4.78 is 0. The summed E-state index contributed by atoms with van der Waals surface area (Å²) in [6.07, 6.45) is 3.84. The number of aromatic amines is 1. The van der Waals surface area contributed by atoms with Crippen molar-refractivity contribution in [3.63, 3.8) is 0 Å². The van der Waals surface area contributed by atoms with Gasteiger partial charge in [0.15, 0.2) is 0 Å². The van der Waals surface area contributed by atoms with Gasteiger partial charge in [-0.25, -0.2) is 4.98 Å². The van der Waals surface area contributed by atoms with Gasteiger partial charge >= 0.3 is 0 Å². The number of aliphatic hydroxyl groups excluding tert-OH is 1. The number of fused-ring (bicyclic) bond motifs is 1. The summed E-state index contributed by atoms with van der Waals surface area (Å²) in [5.74, 6) is 0. The fourth-order valence-corrected chi connectivity index (χ4v) is 3.87. The summed E-state index contributed by atoms with van der Waals surface area (Å²) in [6.45, 7) is 2.14. The molecular weight excluding hydrogens is 328 g/mol. The molecule has 2 aromatic carbocycles. The minimum Gasteiger partial charge on any atom is -0.392 e. The Labute approximate surface area is 150 Å². The van der Waals surface area contributed by atoms with E-state index in [-0.39, 0.29) is 6.61 Å². The van der Waals surface area contributed by atoms with E-state index >= 15 is 0 Å². The Morgan fingerprint density at radius 2 is 1.92 bits per heavy atom. The van der Waals surface area contributed by atoms with Gasteiger partial charge in [-0.2, -0.15) is 0 Å². The third-order valence-electron chi connectivity index (χ3n) is 4.21. The normalized spacial score (nSPS) is 11.1. The predicted octanol–water partition coefficient (Wildman–Crippen LogP) is 5.18. The zero-order valence-corrected chi connectivity index (χ0v) is 14.7. The van der Waals surface area contributed by atoms with Crippen molar-refractivity contribution in [2.45, 2.75) is 23.3 Å². The third kappa shape index (κ3) is 3.18. The topological polar surface area (TPSA) is 48.9 Å². The predicted molar refractivity (Wildman–Crippen MR) is 103 cm³/mol. The molecule has 2 N–H and O–H groups in total. The second kappa shape index (κ2) is 6.75. The second-order valence-corrected chi connectivity index (χ2v) is 7.12. The number of aryl methyl sites for hydroxylation is 1. The molecule has 0 aliphatic heterocycles. The maximum atomic E-state index is 9.43. The molecule has 0 aliphatic rings. The monoisotopic (exact) mass is 346 g/mol. The maximum Gasteiger partial charge on any atom is 0.139 e. The Bertz CT molecular complexity index is 1020. The van der Waals surface area contributed by atoms with Gasteiger partial charge in [0.2, 0.25) is 0 Å². The van der Waals surface area contributed by atoms with Crippen molar-refractivity contribution in [1.29, 1.82) is 0 Å². The largest absolute Gasteiger partial charge is 0.392 e. The summed E-state index contributed by atoms with van der Waals surface area (Å²) in [5, 5.41) is 10.5. The van der Waals surface area contributed by atoms with Crippen molar-refractivity contribution < 1.29 is 5.11 Å². The SMILES string of the molecule is Cc1ccc(Sc2c[nH]c3nccc(-c4cccc(CO)c4)c23)cc1. The Morgan fingerprint density at radius 1 is 1.08 bits per heavy atom. The van der Waals surface area contributed by atoms with Gasteiger partial charge in [-0.3, -0.25) is 0 Å². The van der Waals surface area contributed by atoms with Crippen molar-refractivity contribution in [3.8, 4) is 11.1 Å². The average Bonchev–Trinajstić information content (AvgIpc) is 3.07. The Morgan fingerprint density at radius 3 is 2.72 bits per heavy atom. The molecule has 0 fully saturated rings. The van der Waals surface area contributed by atoms with Crippen LogP contribution >= 0.6 is 11.8 Å². The Kier molecular flexibility index (Phi) is 4.30. The summed E-state index contributed by atoms with van der Waals surface area (Å²) in [7, 11) is 0. The van der Waals surface area contributed by atoms with Crippen LogP contribution in [0.15, 0.2) is 76.8 Å². The van der Waals surface area contributed by atoms with Crippen LogP contribution < -0.4 is 0 Å². The molecule has 25 heavy (non-hydrogen) atoms. The lowest BCUT2D eigenvalue weighted by Gasteiger charge is -2.08. The summed E-state index contributed by atoms with van der Waals surface area (Å²) >= 11 is 1.73. The van der Waals surface area contributed by atoms with E-state index in [0.29, 0.717) is 0 Å². The molecule has 0 radical (unpaired) electrons. The molecule has 0 aliphatic carbocycles. The zero-order chi connectivity index (χ0) is 17.2. The van der Waals surface area contributed by atoms with Crippen LogP contribution in [-0.4, -0.2) is 15.1 Å². The van der Waals surface area contributed by atoms with Crippen LogP contribution in [0, 0.1) is 6.92 Å². The van der Waals surface area contributed by atoms with Crippen molar-refractivity contribution >= 4 is 22.8 Å². The van der Waals surface area contributed by atoms with E-state index in [1.807, 2.05) is 36.7 Å². The highest BCUT2D eigenvalue weighted by Gasteiger charge is 2.12. The van der Waals surface area contributed by atoms with Crippen LogP contribution in [0.4, 0.5) is 0 Å². The van der Waals surface area contributed by atoms with E-state index in [4.69, 9.17) is 0 Å². The Balaban J connectivity index is 1.82. The summed E-state index contributed by atoms with van der Waals surface area (Å²) in [6, 6.07) is 18.6. The van der Waals surface area contributed by atoms with Crippen molar-refractivity contribution in [1.82, 2.24) is 9.97 Å². The minimum absolute atomic E-state index is 0.0418. The zero-order valence-electron chi connectivity index (χ0n) is 13.9. The summed E-state index contributed by atoms with van der Waals surface area (Å²) in [5.41, 5.74) is 5.25.